The Morgan fingerprint density at radius 2 is 1.89 bits per heavy atom. The molecule has 0 aromatic heterocycles. The van der Waals surface area contributed by atoms with Gasteiger partial charge in [-0.05, 0) is 30.4 Å². The molecule has 4 unspecified atom stereocenters. The van der Waals surface area contributed by atoms with Gasteiger partial charge in [-0.2, -0.15) is 0 Å². The van der Waals surface area contributed by atoms with Crippen molar-refractivity contribution >= 4 is 23.4 Å². The summed E-state index contributed by atoms with van der Waals surface area (Å²) < 4.78 is 0. The fourth-order valence-corrected chi connectivity index (χ4v) is 5.17. The molecule has 4 atom stereocenters. The van der Waals surface area contributed by atoms with Crippen LogP contribution in [-0.2, 0) is 26.3 Å². The third-order valence-corrected chi connectivity index (χ3v) is 6.67. The van der Waals surface area contributed by atoms with Gasteiger partial charge in [0.15, 0.2) is 0 Å². The summed E-state index contributed by atoms with van der Waals surface area (Å²) in [5.74, 6) is -1.60. The lowest BCUT2D eigenvalue weighted by atomic mass is 9.75. The Kier molecular flexibility index (Phi) is 4.57. The average molecular weight is 383 g/mol. The van der Waals surface area contributed by atoms with Crippen molar-refractivity contribution in [1.29, 1.82) is 0 Å². The van der Waals surface area contributed by atoms with Crippen molar-refractivity contribution < 1.29 is 14.4 Å². The largest absolute Gasteiger partial charge is 0.324 e. The van der Waals surface area contributed by atoms with Gasteiger partial charge in [0.25, 0.3) is 0 Å². The molecule has 4 rings (SSSR count). The summed E-state index contributed by atoms with van der Waals surface area (Å²) in [6.45, 7) is 8.62. The molecule has 2 saturated heterocycles. The molecule has 0 bridgehead atoms. The first-order chi connectivity index (χ1) is 13.4. The molecule has 2 fully saturated rings. The van der Waals surface area contributed by atoms with Gasteiger partial charge in [-0.3, -0.25) is 24.6 Å². The van der Waals surface area contributed by atoms with Crippen molar-refractivity contribution in [1.82, 2.24) is 10.2 Å². The van der Waals surface area contributed by atoms with Crippen molar-refractivity contribution in [2.45, 2.75) is 58.5 Å². The van der Waals surface area contributed by atoms with Crippen LogP contribution in [0, 0.1) is 17.8 Å². The Morgan fingerprint density at radius 3 is 2.54 bits per heavy atom. The van der Waals surface area contributed by atoms with Crippen LogP contribution in [0.4, 0.5) is 5.69 Å². The Bertz CT molecular complexity index is 849. The van der Waals surface area contributed by atoms with Crippen molar-refractivity contribution in [2.24, 2.45) is 17.8 Å². The molecule has 6 heteroatoms. The van der Waals surface area contributed by atoms with E-state index in [0.717, 1.165) is 36.1 Å². The second-order valence-electron chi connectivity index (χ2n) is 8.59. The number of benzene rings is 1. The van der Waals surface area contributed by atoms with Gasteiger partial charge in [0.1, 0.15) is 5.54 Å². The molecule has 1 aromatic rings. The molecule has 28 heavy (non-hydrogen) atoms. The zero-order chi connectivity index (χ0) is 20.2. The molecule has 150 valence electrons. The fraction of sp³-hybridized carbons (Fsp3) is 0.591. The van der Waals surface area contributed by atoms with E-state index in [-0.39, 0.29) is 29.7 Å². The highest BCUT2D eigenvalue weighted by atomic mass is 16.2. The number of amides is 3. The summed E-state index contributed by atoms with van der Waals surface area (Å²) >= 11 is 0. The van der Waals surface area contributed by atoms with Gasteiger partial charge in [-0.15, -0.1) is 0 Å². The smallest absolute Gasteiger partial charge is 0.250 e. The van der Waals surface area contributed by atoms with Gasteiger partial charge in [-0.25, -0.2) is 0 Å². The summed E-state index contributed by atoms with van der Waals surface area (Å²) in [6, 6.07) is 5.72. The molecule has 6 nitrogen and oxygen atoms in total. The van der Waals surface area contributed by atoms with E-state index in [0.29, 0.717) is 6.54 Å². The lowest BCUT2D eigenvalue weighted by Gasteiger charge is -2.30. The zero-order valence-electron chi connectivity index (χ0n) is 17.0. The van der Waals surface area contributed by atoms with E-state index >= 15 is 0 Å². The number of carbonyl (C=O) groups excluding carboxylic acids is 3. The number of anilines is 1. The number of rotatable bonds is 5. The number of hydrogen-bond acceptors (Lipinski definition) is 4. The second kappa shape index (κ2) is 6.69. The topological polar surface area (TPSA) is 78.5 Å². The number of likely N-dealkylation sites (tertiary alicyclic amines) is 1. The molecule has 3 aliphatic heterocycles. The minimum Gasteiger partial charge on any atom is -0.324 e. The minimum atomic E-state index is -1.16. The predicted octanol–water partition coefficient (Wildman–Crippen LogP) is 2.43. The fourth-order valence-electron chi connectivity index (χ4n) is 5.17. The van der Waals surface area contributed by atoms with Gasteiger partial charge in [0.05, 0.1) is 11.8 Å². The van der Waals surface area contributed by atoms with E-state index < -0.39 is 17.4 Å². The molecule has 3 amide bonds. The molecular formula is C22H29N3O3. The predicted molar refractivity (Wildman–Crippen MR) is 106 cm³/mol. The van der Waals surface area contributed by atoms with Crippen LogP contribution in [0.1, 0.15) is 51.7 Å². The standard InChI is InChI=1S/C22H29N3O3/c1-5-7-10-25-19(26)16-17(20(25)27)22(24-18(16)12(3)4)14-11-13(6-2)8-9-15(14)23-21(22)28/h8-9,11-12,16-18,24H,5-7,10H2,1-4H3,(H,23,28). The molecular weight excluding hydrogens is 354 g/mol. The number of nitrogens with one attached hydrogen (secondary N) is 2. The molecule has 3 heterocycles. The van der Waals surface area contributed by atoms with Crippen LogP contribution in [0.25, 0.3) is 0 Å². The molecule has 0 aliphatic carbocycles. The van der Waals surface area contributed by atoms with Gasteiger partial charge >= 0.3 is 0 Å². The number of unbranched alkanes of at least 4 members (excludes halogenated alkanes) is 1. The van der Waals surface area contributed by atoms with Crippen molar-refractivity contribution in [2.75, 3.05) is 11.9 Å². The Hall–Kier alpha value is -2.21. The van der Waals surface area contributed by atoms with E-state index in [1.807, 2.05) is 39.0 Å². The van der Waals surface area contributed by atoms with Gasteiger partial charge in [0.2, 0.25) is 17.7 Å². The van der Waals surface area contributed by atoms with Crippen LogP contribution in [0.3, 0.4) is 0 Å². The van der Waals surface area contributed by atoms with Gasteiger partial charge in [0, 0.05) is 23.8 Å². The van der Waals surface area contributed by atoms with E-state index in [1.54, 1.807) is 0 Å². The number of aryl methyl sites for hydroxylation is 1. The number of nitrogens with zero attached hydrogens (tertiary/aromatic N) is 1. The molecule has 1 spiro atoms. The van der Waals surface area contributed by atoms with E-state index in [1.165, 1.54) is 4.90 Å². The Labute approximate surface area is 166 Å². The van der Waals surface area contributed by atoms with Gasteiger partial charge in [-0.1, -0.05) is 46.2 Å². The lowest BCUT2D eigenvalue weighted by Crippen LogP contribution is -2.54. The van der Waals surface area contributed by atoms with Crippen LogP contribution in [0.15, 0.2) is 18.2 Å². The third-order valence-electron chi connectivity index (χ3n) is 6.67. The first kappa shape index (κ1) is 19.1. The first-order valence-electron chi connectivity index (χ1n) is 10.4. The van der Waals surface area contributed by atoms with Crippen LogP contribution in [0.2, 0.25) is 0 Å². The Morgan fingerprint density at radius 1 is 1.14 bits per heavy atom. The van der Waals surface area contributed by atoms with E-state index in [4.69, 9.17) is 0 Å². The Balaban J connectivity index is 1.86. The summed E-state index contributed by atoms with van der Waals surface area (Å²) in [6.07, 6.45) is 2.54. The number of hydrogen-bond donors (Lipinski definition) is 2. The summed E-state index contributed by atoms with van der Waals surface area (Å²) in [5.41, 5.74) is 1.51. The highest BCUT2D eigenvalue weighted by molar-refractivity contribution is 6.15. The molecule has 2 N–H and O–H groups in total. The normalized spacial score (nSPS) is 31.1. The van der Waals surface area contributed by atoms with E-state index in [9.17, 15) is 14.4 Å². The maximum Gasteiger partial charge on any atom is 0.250 e. The summed E-state index contributed by atoms with van der Waals surface area (Å²) in [4.78, 5) is 41.4. The molecule has 0 saturated carbocycles. The van der Waals surface area contributed by atoms with Crippen LogP contribution >= 0.6 is 0 Å². The van der Waals surface area contributed by atoms with Crippen LogP contribution in [-0.4, -0.2) is 35.2 Å². The van der Waals surface area contributed by atoms with Gasteiger partial charge < -0.3 is 5.32 Å². The molecule has 1 aromatic carbocycles. The zero-order valence-corrected chi connectivity index (χ0v) is 17.0. The molecule has 3 aliphatic rings. The quantitative estimate of drug-likeness (QED) is 0.766. The lowest BCUT2D eigenvalue weighted by molar-refractivity contribution is -0.143. The highest BCUT2D eigenvalue weighted by Gasteiger charge is 2.70. The summed E-state index contributed by atoms with van der Waals surface area (Å²) in [5, 5.41) is 6.45. The van der Waals surface area contributed by atoms with Crippen LogP contribution in [0.5, 0.6) is 0 Å². The third kappa shape index (κ3) is 2.40. The van der Waals surface area contributed by atoms with Crippen molar-refractivity contribution in [3.8, 4) is 0 Å². The number of imide groups is 1. The van der Waals surface area contributed by atoms with Crippen molar-refractivity contribution in [3.63, 3.8) is 0 Å². The average Bonchev–Trinajstić information content (AvgIpc) is 3.26. The monoisotopic (exact) mass is 383 g/mol. The van der Waals surface area contributed by atoms with Crippen LogP contribution < -0.4 is 10.6 Å². The maximum atomic E-state index is 13.4. The second-order valence-corrected chi connectivity index (χ2v) is 8.59. The SMILES string of the molecule is CCCCN1C(=O)C2C(C(C)C)NC3(C(=O)Nc4ccc(CC)cc43)C2C1=O. The highest BCUT2D eigenvalue weighted by Crippen LogP contribution is 2.54. The van der Waals surface area contributed by atoms with E-state index in [2.05, 4.69) is 17.6 Å². The molecule has 0 radical (unpaired) electrons. The first-order valence-corrected chi connectivity index (χ1v) is 10.4. The van der Waals surface area contributed by atoms with Crippen molar-refractivity contribution in [3.05, 3.63) is 29.3 Å². The number of carbonyl (C=O) groups is 3. The minimum absolute atomic E-state index is 0.126. The maximum absolute atomic E-state index is 13.4. The number of fused-ring (bicyclic) bond motifs is 4. The summed E-state index contributed by atoms with van der Waals surface area (Å²) in [7, 11) is 0.